The predicted molar refractivity (Wildman–Crippen MR) is 109 cm³/mol. The van der Waals surface area contributed by atoms with Gasteiger partial charge >= 0.3 is 0 Å². The van der Waals surface area contributed by atoms with E-state index in [1.165, 1.54) is 96.7 Å². The van der Waals surface area contributed by atoms with Crippen LogP contribution in [-0.2, 0) is 0 Å². The molecular formula is C22H40N4. The van der Waals surface area contributed by atoms with Gasteiger partial charge in [0.15, 0.2) is 5.96 Å². The average molecular weight is 361 g/mol. The van der Waals surface area contributed by atoms with E-state index < -0.39 is 0 Å². The first kappa shape index (κ1) is 18.6. The molecular weight excluding hydrogens is 320 g/mol. The molecule has 5 fully saturated rings. The number of rotatable bonds is 7. The van der Waals surface area contributed by atoms with Gasteiger partial charge in [0.25, 0.3) is 0 Å². The van der Waals surface area contributed by atoms with Crippen molar-refractivity contribution in [3.8, 4) is 0 Å². The average Bonchev–Trinajstić information content (AvgIpc) is 2.63. The number of unbranched alkanes of at least 4 members (excludes halogenated alkanes) is 2. The van der Waals surface area contributed by atoms with Crippen LogP contribution >= 0.6 is 0 Å². The number of nitrogens with zero attached hydrogens (tertiary/aromatic N) is 3. The van der Waals surface area contributed by atoms with E-state index in [4.69, 9.17) is 10.7 Å². The zero-order valence-electron chi connectivity index (χ0n) is 17.0. The number of hydrogen-bond donors (Lipinski definition) is 1. The van der Waals surface area contributed by atoms with E-state index in [1.54, 1.807) is 0 Å². The molecule has 0 amide bonds. The molecule has 1 saturated heterocycles. The molecule has 4 heteroatoms. The smallest absolute Gasteiger partial charge is 0.191 e. The van der Waals surface area contributed by atoms with Crippen molar-refractivity contribution in [1.29, 1.82) is 0 Å². The van der Waals surface area contributed by atoms with Gasteiger partial charge in [-0.1, -0.05) is 12.8 Å². The van der Waals surface area contributed by atoms with Crippen LogP contribution in [0.2, 0.25) is 0 Å². The van der Waals surface area contributed by atoms with Gasteiger partial charge in [0, 0.05) is 19.1 Å². The van der Waals surface area contributed by atoms with E-state index in [0.29, 0.717) is 5.54 Å². The van der Waals surface area contributed by atoms with E-state index in [9.17, 15) is 0 Å². The van der Waals surface area contributed by atoms with E-state index in [-0.39, 0.29) is 0 Å². The predicted octanol–water partition coefficient (Wildman–Crippen LogP) is 3.86. The molecule has 4 nitrogen and oxygen atoms in total. The minimum atomic E-state index is 0.344. The molecule has 1 heterocycles. The largest absolute Gasteiger partial charge is 0.370 e. The van der Waals surface area contributed by atoms with Crippen LogP contribution < -0.4 is 5.73 Å². The molecule has 0 aromatic carbocycles. The minimum Gasteiger partial charge on any atom is -0.370 e. The number of hydrogen-bond acceptors (Lipinski definition) is 2. The molecule has 26 heavy (non-hydrogen) atoms. The molecule has 4 bridgehead atoms. The second kappa shape index (κ2) is 8.08. The number of guanidine groups is 1. The van der Waals surface area contributed by atoms with E-state index in [2.05, 4.69) is 16.8 Å². The number of piperidine rings is 1. The van der Waals surface area contributed by atoms with Gasteiger partial charge < -0.3 is 15.5 Å². The first-order valence-corrected chi connectivity index (χ1v) is 11.4. The van der Waals surface area contributed by atoms with Crippen molar-refractivity contribution in [2.75, 3.05) is 33.2 Å². The molecule has 0 spiro atoms. The van der Waals surface area contributed by atoms with Crippen molar-refractivity contribution >= 4 is 5.96 Å². The molecule has 0 aromatic rings. The molecule has 4 saturated carbocycles. The standard InChI is InChI=1S/C22H40N4/c1-25(22-15-18-12-19(16-22)14-20(13-18)17-22)21(23)24-8-4-2-5-9-26-10-6-3-7-11-26/h18-20H,2-17H2,1H3,(H2,23,24). The molecule has 0 aromatic heterocycles. The summed E-state index contributed by atoms with van der Waals surface area (Å²) in [7, 11) is 2.22. The Morgan fingerprint density at radius 3 is 2.19 bits per heavy atom. The zero-order chi connectivity index (χ0) is 18.0. The second-order valence-corrected chi connectivity index (χ2v) is 9.90. The van der Waals surface area contributed by atoms with Crippen molar-refractivity contribution in [2.24, 2.45) is 28.5 Å². The normalized spacial score (nSPS) is 37.3. The summed E-state index contributed by atoms with van der Waals surface area (Å²) in [6.45, 7) is 4.83. The number of likely N-dealkylation sites (tertiary alicyclic amines) is 1. The highest BCUT2D eigenvalue weighted by molar-refractivity contribution is 5.78. The van der Waals surface area contributed by atoms with Gasteiger partial charge in [0.2, 0.25) is 0 Å². The van der Waals surface area contributed by atoms with Gasteiger partial charge in [-0.3, -0.25) is 4.99 Å². The summed E-state index contributed by atoms with van der Waals surface area (Å²) in [5.41, 5.74) is 6.78. The summed E-state index contributed by atoms with van der Waals surface area (Å²) in [5, 5.41) is 0. The quantitative estimate of drug-likeness (QED) is 0.426. The van der Waals surface area contributed by atoms with Gasteiger partial charge in [-0.15, -0.1) is 0 Å². The fourth-order valence-corrected chi connectivity index (χ4v) is 6.83. The minimum absolute atomic E-state index is 0.344. The van der Waals surface area contributed by atoms with Crippen LogP contribution in [0, 0.1) is 17.8 Å². The Hall–Kier alpha value is -0.770. The molecule has 2 N–H and O–H groups in total. The fraction of sp³-hybridized carbons (Fsp3) is 0.955. The Morgan fingerprint density at radius 1 is 0.962 bits per heavy atom. The number of aliphatic imine (C=N–C) groups is 1. The summed E-state index contributed by atoms with van der Waals surface area (Å²) in [5.74, 6) is 3.70. The van der Waals surface area contributed by atoms with E-state index in [1.807, 2.05) is 0 Å². The first-order chi connectivity index (χ1) is 12.6. The maximum absolute atomic E-state index is 6.44. The lowest BCUT2D eigenvalue weighted by Crippen LogP contribution is -2.61. The van der Waals surface area contributed by atoms with Crippen LogP contribution in [0.25, 0.3) is 0 Å². The van der Waals surface area contributed by atoms with Crippen molar-refractivity contribution in [2.45, 2.75) is 82.6 Å². The lowest BCUT2D eigenvalue weighted by molar-refractivity contribution is -0.0550. The molecule has 0 radical (unpaired) electrons. The fourth-order valence-electron chi connectivity index (χ4n) is 6.83. The first-order valence-electron chi connectivity index (χ1n) is 11.4. The van der Waals surface area contributed by atoms with Crippen LogP contribution in [-0.4, -0.2) is 54.5 Å². The second-order valence-electron chi connectivity index (χ2n) is 9.90. The van der Waals surface area contributed by atoms with Crippen LogP contribution in [0.1, 0.15) is 77.0 Å². The topological polar surface area (TPSA) is 44.9 Å². The summed E-state index contributed by atoms with van der Waals surface area (Å²) in [4.78, 5) is 9.81. The zero-order valence-corrected chi connectivity index (χ0v) is 17.0. The summed E-state index contributed by atoms with van der Waals surface area (Å²) >= 11 is 0. The molecule has 148 valence electrons. The van der Waals surface area contributed by atoms with Gasteiger partial charge in [-0.05, 0) is 102 Å². The monoisotopic (exact) mass is 360 g/mol. The van der Waals surface area contributed by atoms with Gasteiger partial charge in [-0.2, -0.15) is 0 Å². The van der Waals surface area contributed by atoms with Crippen molar-refractivity contribution in [3.63, 3.8) is 0 Å². The summed E-state index contributed by atoms with van der Waals surface area (Å²) < 4.78 is 0. The Bertz CT molecular complexity index is 459. The molecule has 0 unspecified atom stereocenters. The van der Waals surface area contributed by atoms with Crippen LogP contribution in [0.3, 0.4) is 0 Å². The molecule has 4 aliphatic carbocycles. The Balaban J connectivity index is 1.19. The van der Waals surface area contributed by atoms with Gasteiger partial charge in [0.05, 0.1) is 0 Å². The SMILES string of the molecule is CN(C(N)=NCCCCCN1CCCCC1)C12CC3CC(CC(C3)C1)C2. The Kier molecular flexibility index (Phi) is 5.78. The third-order valence-electron chi connectivity index (χ3n) is 7.92. The van der Waals surface area contributed by atoms with Gasteiger partial charge in [0.1, 0.15) is 0 Å². The van der Waals surface area contributed by atoms with E-state index in [0.717, 1.165) is 30.3 Å². The molecule has 0 atom stereocenters. The van der Waals surface area contributed by atoms with E-state index >= 15 is 0 Å². The highest BCUT2D eigenvalue weighted by Gasteiger charge is 2.53. The Morgan fingerprint density at radius 2 is 1.58 bits per heavy atom. The van der Waals surface area contributed by atoms with Crippen molar-refractivity contribution in [3.05, 3.63) is 0 Å². The third-order valence-corrected chi connectivity index (χ3v) is 7.92. The third kappa shape index (κ3) is 4.05. The van der Waals surface area contributed by atoms with Gasteiger partial charge in [-0.25, -0.2) is 0 Å². The highest BCUT2D eigenvalue weighted by atomic mass is 15.3. The summed E-state index contributed by atoms with van der Waals surface area (Å²) in [6.07, 6.45) is 16.6. The molecule has 1 aliphatic heterocycles. The number of nitrogens with two attached hydrogens (primary N) is 1. The highest BCUT2D eigenvalue weighted by Crippen LogP contribution is 2.57. The van der Waals surface area contributed by atoms with Crippen LogP contribution in [0.15, 0.2) is 4.99 Å². The maximum Gasteiger partial charge on any atom is 0.191 e. The lowest BCUT2D eigenvalue weighted by atomic mass is 9.52. The molecule has 5 aliphatic rings. The lowest BCUT2D eigenvalue weighted by Gasteiger charge is -2.60. The van der Waals surface area contributed by atoms with Crippen molar-refractivity contribution < 1.29 is 0 Å². The maximum atomic E-state index is 6.44. The van der Waals surface area contributed by atoms with Crippen molar-refractivity contribution in [1.82, 2.24) is 9.80 Å². The van der Waals surface area contributed by atoms with Crippen LogP contribution in [0.4, 0.5) is 0 Å². The Labute approximate surface area is 160 Å². The summed E-state index contributed by atoms with van der Waals surface area (Å²) in [6, 6.07) is 0. The van der Waals surface area contributed by atoms with Crippen LogP contribution in [0.5, 0.6) is 0 Å². The molecule has 5 rings (SSSR count).